The van der Waals surface area contributed by atoms with Crippen LogP contribution in [0.15, 0.2) is 48.1 Å². The van der Waals surface area contributed by atoms with E-state index in [0.717, 1.165) is 0 Å². The van der Waals surface area contributed by atoms with Crippen LogP contribution >= 0.6 is 0 Å². The molecular weight excluding hydrogens is 436 g/mol. The second-order valence-electron chi connectivity index (χ2n) is 8.24. The van der Waals surface area contributed by atoms with Crippen molar-refractivity contribution >= 4 is 17.7 Å². The molecule has 2 fully saturated rings. The van der Waals surface area contributed by atoms with Crippen molar-refractivity contribution in [3.05, 3.63) is 59.2 Å². The summed E-state index contributed by atoms with van der Waals surface area (Å²) in [5.41, 5.74) is 5.37. The fourth-order valence-corrected chi connectivity index (χ4v) is 4.30. The molecule has 0 radical (unpaired) electrons. The number of carbonyl (C=O) groups is 3. The van der Waals surface area contributed by atoms with Gasteiger partial charge in [-0.1, -0.05) is 30.4 Å². The van der Waals surface area contributed by atoms with Crippen molar-refractivity contribution in [1.82, 2.24) is 10.2 Å². The predicted molar refractivity (Wildman–Crippen MR) is 113 cm³/mol. The largest absolute Gasteiger partial charge is 0.368 e. The monoisotopic (exact) mass is 461 g/mol. The summed E-state index contributed by atoms with van der Waals surface area (Å²) < 4.78 is 40.6. The second kappa shape index (κ2) is 9.03. The Kier molecular flexibility index (Phi) is 6.31. The Morgan fingerprint density at radius 2 is 1.88 bits per heavy atom. The fourth-order valence-electron chi connectivity index (χ4n) is 4.30. The summed E-state index contributed by atoms with van der Waals surface area (Å²) in [7, 11) is 0. The Balaban J connectivity index is 1.37. The van der Waals surface area contributed by atoms with E-state index >= 15 is 0 Å². The minimum absolute atomic E-state index is 0.0235. The molecule has 8 nitrogen and oxygen atoms in total. The number of likely N-dealkylation sites (tertiary alicyclic amines) is 1. The SMILES string of the molecule is NC(=O)C1CC2(CN1C(=O)CNC(=O)c1ccc(C(F)(F)C3=CC=CCC3)cc1)OCCO2. The first kappa shape index (κ1) is 23.1. The molecule has 1 unspecified atom stereocenters. The summed E-state index contributed by atoms with van der Waals surface area (Å²) in [6.45, 7) is 0.348. The maximum absolute atomic E-state index is 14.7. The van der Waals surface area contributed by atoms with Crippen LogP contribution in [0.5, 0.6) is 0 Å². The fraction of sp³-hybridized carbons (Fsp3) is 0.435. The average molecular weight is 461 g/mol. The molecule has 33 heavy (non-hydrogen) atoms. The minimum atomic E-state index is -3.13. The predicted octanol–water partition coefficient (Wildman–Crippen LogP) is 1.61. The number of halogens is 2. The molecule has 176 valence electrons. The average Bonchev–Trinajstić information content (AvgIpc) is 3.45. The zero-order chi connectivity index (χ0) is 23.6. The number of carbonyl (C=O) groups excluding carboxylic acids is 3. The third-order valence-electron chi connectivity index (χ3n) is 6.08. The molecule has 10 heteroatoms. The third-order valence-corrected chi connectivity index (χ3v) is 6.08. The molecule has 2 heterocycles. The Labute approximate surface area is 189 Å². The Bertz CT molecular complexity index is 1000. The molecule has 0 saturated carbocycles. The molecule has 2 aliphatic heterocycles. The van der Waals surface area contributed by atoms with Crippen molar-refractivity contribution in [2.24, 2.45) is 5.73 Å². The number of hydrogen-bond donors (Lipinski definition) is 2. The highest BCUT2D eigenvalue weighted by Gasteiger charge is 2.52. The van der Waals surface area contributed by atoms with Gasteiger partial charge < -0.3 is 25.4 Å². The molecule has 3 amide bonds. The summed E-state index contributed by atoms with van der Waals surface area (Å²) in [6, 6.07) is 4.09. The first-order chi connectivity index (χ1) is 15.7. The lowest BCUT2D eigenvalue weighted by Gasteiger charge is -2.23. The normalized spacial score (nSPS) is 21.8. The number of ether oxygens (including phenoxy) is 2. The second-order valence-corrected chi connectivity index (χ2v) is 8.24. The van der Waals surface area contributed by atoms with E-state index in [0.29, 0.717) is 19.6 Å². The third kappa shape index (κ3) is 4.67. The lowest BCUT2D eigenvalue weighted by Crippen LogP contribution is -2.48. The van der Waals surface area contributed by atoms with Crippen molar-refractivity contribution < 1.29 is 32.6 Å². The van der Waals surface area contributed by atoms with Gasteiger partial charge in [0.1, 0.15) is 6.04 Å². The van der Waals surface area contributed by atoms with Crippen LogP contribution in [-0.2, 0) is 25.0 Å². The summed E-state index contributed by atoms with van der Waals surface area (Å²) in [5.74, 6) is -6.00. The van der Waals surface area contributed by atoms with Crippen molar-refractivity contribution in [1.29, 1.82) is 0 Å². The van der Waals surface area contributed by atoms with E-state index in [1.807, 2.05) is 6.08 Å². The molecule has 3 aliphatic rings. The van der Waals surface area contributed by atoms with Crippen LogP contribution in [0.2, 0.25) is 0 Å². The van der Waals surface area contributed by atoms with Crippen LogP contribution in [0.1, 0.15) is 35.2 Å². The summed E-state index contributed by atoms with van der Waals surface area (Å²) in [6.07, 6.45) is 5.82. The van der Waals surface area contributed by atoms with Gasteiger partial charge in [-0.15, -0.1) is 0 Å². The lowest BCUT2D eigenvalue weighted by atomic mass is 9.93. The van der Waals surface area contributed by atoms with E-state index in [1.54, 1.807) is 6.08 Å². The number of primary amides is 1. The standard InChI is InChI=1S/C23H25F2N3O5/c24-23(25,16-4-2-1-3-5-16)17-8-6-15(7-9-17)21(31)27-13-19(29)28-14-22(32-10-11-33-22)12-18(28)20(26)30/h1-2,4,6-9,18H,3,5,10-14H2,(H2,26,30)(H,27,31). The Morgan fingerprint density at radius 1 is 1.18 bits per heavy atom. The number of benzene rings is 1. The highest BCUT2D eigenvalue weighted by Crippen LogP contribution is 2.39. The first-order valence-electron chi connectivity index (χ1n) is 10.7. The molecule has 3 N–H and O–H groups in total. The summed E-state index contributed by atoms with van der Waals surface area (Å²) in [5, 5.41) is 2.46. The molecule has 1 aromatic carbocycles. The van der Waals surface area contributed by atoms with E-state index in [1.165, 1.54) is 35.2 Å². The van der Waals surface area contributed by atoms with Gasteiger partial charge in [0, 0.05) is 23.1 Å². The van der Waals surface area contributed by atoms with Crippen molar-refractivity contribution in [2.45, 2.75) is 37.0 Å². The van der Waals surface area contributed by atoms with Gasteiger partial charge in [0.05, 0.1) is 26.3 Å². The van der Waals surface area contributed by atoms with Crippen LogP contribution in [0.4, 0.5) is 8.78 Å². The Hall–Kier alpha value is -3.11. The van der Waals surface area contributed by atoms with Crippen molar-refractivity contribution in [2.75, 3.05) is 26.3 Å². The lowest BCUT2D eigenvalue weighted by molar-refractivity contribution is -0.152. The molecule has 0 bridgehead atoms. The summed E-state index contributed by atoms with van der Waals surface area (Å²) >= 11 is 0. The zero-order valence-electron chi connectivity index (χ0n) is 17.9. The molecule has 4 rings (SSSR count). The maximum atomic E-state index is 14.7. The molecule has 1 atom stereocenters. The maximum Gasteiger partial charge on any atom is 0.294 e. The van der Waals surface area contributed by atoms with Crippen LogP contribution in [-0.4, -0.2) is 60.8 Å². The van der Waals surface area contributed by atoms with Crippen LogP contribution in [0.25, 0.3) is 0 Å². The van der Waals surface area contributed by atoms with Gasteiger partial charge in [-0.2, -0.15) is 8.78 Å². The van der Waals surface area contributed by atoms with E-state index in [-0.39, 0.29) is 36.1 Å². The van der Waals surface area contributed by atoms with E-state index in [4.69, 9.17) is 15.2 Å². The van der Waals surface area contributed by atoms with Crippen LogP contribution < -0.4 is 11.1 Å². The molecule has 1 aliphatic carbocycles. The number of amides is 3. The quantitative estimate of drug-likeness (QED) is 0.669. The number of allylic oxidation sites excluding steroid dienone is 4. The minimum Gasteiger partial charge on any atom is -0.368 e. The van der Waals surface area contributed by atoms with Crippen LogP contribution in [0.3, 0.4) is 0 Å². The number of nitrogens with one attached hydrogen (secondary N) is 1. The first-order valence-corrected chi connectivity index (χ1v) is 10.7. The number of hydrogen-bond acceptors (Lipinski definition) is 5. The highest BCUT2D eigenvalue weighted by molar-refractivity contribution is 5.97. The van der Waals surface area contributed by atoms with Crippen LogP contribution in [0, 0.1) is 0 Å². The smallest absolute Gasteiger partial charge is 0.294 e. The van der Waals surface area contributed by atoms with Crippen molar-refractivity contribution in [3.63, 3.8) is 0 Å². The van der Waals surface area contributed by atoms with E-state index < -0.39 is 42.0 Å². The summed E-state index contributed by atoms with van der Waals surface area (Å²) in [4.78, 5) is 38.2. The molecule has 2 saturated heterocycles. The highest BCUT2D eigenvalue weighted by atomic mass is 19.3. The van der Waals surface area contributed by atoms with Gasteiger partial charge >= 0.3 is 0 Å². The van der Waals surface area contributed by atoms with Gasteiger partial charge in [0.15, 0.2) is 5.79 Å². The van der Waals surface area contributed by atoms with Gasteiger partial charge in [-0.3, -0.25) is 14.4 Å². The van der Waals surface area contributed by atoms with Gasteiger partial charge in [-0.25, -0.2) is 0 Å². The molecule has 1 spiro atoms. The number of nitrogens with zero attached hydrogens (tertiary/aromatic N) is 1. The Morgan fingerprint density at radius 3 is 2.48 bits per heavy atom. The number of alkyl halides is 2. The van der Waals surface area contributed by atoms with E-state index in [9.17, 15) is 23.2 Å². The zero-order valence-corrected chi connectivity index (χ0v) is 17.9. The van der Waals surface area contributed by atoms with Gasteiger partial charge in [-0.05, 0) is 25.0 Å². The molecule has 0 aromatic heterocycles. The van der Waals surface area contributed by atoms with E-state index in [2.05, 4.69) is 5.32 Å². The topological polar surface area (TPSA) is 111 Å². The molecule has 1 aromatic rings. The number of rotatable bonds is 6. The van der Waals surface area contributed by atoms with Gasteiger partial charge in [0.25, 0.3) is 11.8 Å². The molecular formula is C23H25F2N3O5. The number of nitrogens with two attached hydrogens (primary N) is 1. The van der Waals surface area contributed by atoms with Gasteiger partial charge in [0.2, 0.25) is 11.8 Å². The van der Waals surface area contributed by atoms with Crippen molar-refractivity contribution in [3.8, 4) is 0 Å².